The van der Waals surface area contributed by atoms with Crippen molar-refractivity contribution in [1.29, 1.82) is 0 Å². The standard InChI is InChI=1S/C14H20ClNO2S/c1-3-5-10-19-14(13(4-2)16(17)18)11-6-8-12(15)9-7-11/h6-9,13-14H,3-5,10H2,1-2H3. The van der Waals surface area contributed by atoms with Crippen LogP contribution in [0.25, 0.3) is 0 Å². The van der Waals surface area contributed by atoms with Gasteiger partial charge in [0.25, 0.3) is 0 Å². The van der Waals surface area contributed by atoms with Crippen molar-refractivity contribution in [2.75, 3.05) is 5.75 Å². The summed E-state index contributed by atoms with van der Waals surface area (Å²) in [6, 6.07) is 6.87. The van der Waals surface area contributed by atoms with Crippen LogP contribution in [-0.2, 0) is 0 Å². The lowest BCUT2D eigenvalue weighted by Crippen LogP contribution is -2.25. The lowest BCUT2D eigenvalue weighted by Gasteiger charge is -2.20. The van der Waals surface area contributed by atoms with Gasteiger partial charge in [0.15, 0.2) is 0 Å². The van der Waals surface area contributed by atoms with E-state index in [1.807, 2.05) is 19.1 Å². The first kappa shape index (κ1) is 16.3. The summed E-state index contributed by atoms with van der Waals surface area (Å²) in [5, 5.41) is 11.8. The highest BCUT2D eigenvalue weighted by Crippen LogP contribution is 2.36. The molecule has 0 N–H and O–H groups in total. The molecule has 2 unspecified atom stereocenters. The first-order chi connectivity index (χ1) is 9.10. The van der Waals surface area contributed by atoms with E-state index in [0.717, 1.165) is 24.2 Å². The average molecular weight is 302 g/mol. The molecule has 0 saturated heterocycles. The fraction of sp³-hybridized carbons (Fsp3) is 0.571. The molecule has 1 rings (SSSR count). The topological polar surface area (TPSA) is 43.1 Å². The number of hydrogen-bond donors (Lipinski definition) is 0. The maximum Gasteiger partial charge on any atom is 0.228 e. The molecule has 0 saturated carbocycles. The molecule has 0 amide bonds. The Labute approximate surface area is 123 Å². The van der Waals surface area contributed by atoms with Crippen LogP contribution >= 0.6 is 23.4 Å². The molecule has 1 aromatic rings. The second-order valence-electron chi connectivity index (χ2n) is 4.46. The summed E-state index contributed by atoms with van der Waals surface area (Å²) < 4.78 is 0. The Morgan fingerprint density at radius 1 is 1.32 bits per heavy atom. The molecule has 0 bridgehead atoms. The van der Waals surface area contributed by atoms with E-state index in [-0.39, 0.29) is 10.2 Å². The van der Waals surface area contributed by atoms with Gasteiger partial charge in [0, 0.05) is 16.4 Å². The molecule has 3 nitrogen and oxygen atoms in total. The zero-order valence-corrected chi connectivity index (χ0v) is 12.9. The second kappa shape index (κ2) is 8.43. The van der Waals surface area contributed by atoms with Gasteiger partial charge in [-0.3, -0.25) is 10.1 Å². The van der Waals surface area contributed by atoms with Crippen molar-refractivity contribution in [3.05, 3.63) is 45.0 Å². The molecule has 19 heavy (non-hydrogen) atoms. The molecule has 0 aliphatic rings. The molecule has 0 radical (unpaired) electrons. The highest BCUT2D eigenvalue weighted by molar-refractivity contribution is 7.99. The van der Waals surface area contributed by atoms with Crippen LogP contribution in [0.1, 0.15) is 43.9 Å². The first-order valence-electron chi connectivity index (χ1n) is 6.60. The SMILES string of the molecule is CCCCSC(c1ccc(Cl)cc1)C(CC)[N+](=O)[O-]. The van der Waals surface area contributed by atoms with Gasteiger partial charge in [-0.25, -0.2) is 0 Å². The summed E-state index contributed by atoms with van der Waals surface area (Å²) in [6.45, 7) is 4.00. The maximum absolute atomic E-state index is 11.2. The smallest absolute Gasteiger partial charge is 0.228 e. The quantitative estimate of drug-likeness (QED) is 0.387. The van der Waals surface area contributed by atoms with E-state index < -0.39 is 6.04 Å². The number of thioether (sulfide) groups is 1. The Bertz CT molecular complexity index is 397. The average Bonchev–Trinajstić information content (AvgIpc) is 2.39. The molecule has 0 heterocycles. The van der Waals surface area contributed by atoms with Gasteiger partial charge < -0.3 is 0 Å². The predicted octanol–water partition coefficient (Wildman–Crippen LogP) is 4.97. The minimum Gasteiger partial charge on any atom is -0.264 e. The number of hydrogen-bond acceptors (Lipinski definition) is 3. The molecule has 2 atom stereocenters. The normalized spacial score (nSPS) is 14.1. The van der Waals surface area contributed by atoms with E-state index in [2.05, 4.69) is 6.92 Å². The van der Waals surface area contributed by atoms with Crippen LogP contribution in [0, 0.1) is 10.1 Å². The Morgan fingerprint density at radius 3 is 2.42 bits per heavy atom. The number of benzene rings is 1. The Morgan fingerprint density at radius 2 is 1.95 bits per heavy atom. The minimum atomic E-state index is -0.539. The van der Waals surface area contributed by atoms with Crippen molar-refractivity contribution >= 4 is 23.4 Å². The second-order valence-corrected chi connectivity index (χ2v) is 6.14. The van der Waals surface area contributed by atoms with Gasteiger partial charge >= 0.3 is 0 Å². The van der Waals surface area contributed by atoms with Gasteiger partial charge in [-0.15, -0.1) is 11.8 Å². The third-order valence-electron chi connectivity index (χ3n) is 3.03. The Hall–Kier alpha value is -0.740. The number of nitrogens with zero attached hydrogens (tertiary/aromatic N) is 1. The highest BCUT2D eigenvalue weighted by atomic mass is 35.5. The van der Waals surface area contributed by atoms with Crippen LogP contribution in [0.2, 0.25) is 5.02 Å². The molecule has 1 aromatic carbocycles. The molecular formula is C14H20ClNO2S. The summed E-state index contributed by atoms with van der Waals surface area (Å²) in [7, 11) is 0. The highest BCUT2D eigenvalue weighted by Gasteiger charge is 2.31. The fourth-order valence-corrected chi connectivity index (χ4v) is 3.61. The number of unbranched alkanes of at least 4 members (excludes halogenated alkanes) is 1. The lowest BCUT2D eigenvalue weighted by atomic mass is 10.0. The van der Waals surface area contributed by atoms with Crippen LogP contribution in [0.4, 0.5) is 0 Å². The summed E-state index contributed by atoms with van der Waals surface area (Å²) in [6.07, 6.45) is 2.73. The monoisotopic (exact) mass is 301 g/mol. The van der Waals surface area contributed by atoms with Crippen LogP contribution in [-0.4, -0.2) is 16.7 Å². The molecule has 0 aliphatic carbocycles. The van der Waals surface area contributed by atoms with Crippen LogP contribution in [0.15, 0.2) is 24.3 Å². The number of nitro groups is 1. The lowest BCUT2D eigenvalue weighted by molar-refractivity contribution is -0.522. The number of halogens is 1. The van der Waals surface area contributed by atoms with E-state index in [4.69, 9.17) is 11.6 Å². The minimum absolute atomic E-state index is 0.0937. The van der Waals surface area contributed by atoms with E-state index >= 15 is 0 Å². The molecule has 106 valence electrons. The van der Waals surface area contributed by atoms with Gasteiger partial charge in [0.1, 0.15) is 0 Å². The zero-order chi connectivity index (χ0) is 14.3. The van der Waals surface area contributed by atoms with Gasteiger partial charge in [0.2, 0.25) is 6.04 Å². The molecule has 5 heteroatoms. The van der Waals surface area contributed by atoms with Gasteiger partial charge in [-0.1, -0.05) is 44.0 Å². The largest absolute Gasteiger partial charge is 0.264 e. The van der Waals surface area contributed by atoms with Crippen molar-refractivity contribution in [3.63, 3.8) is 0 Å². The fourth-order valence-electron chi connectivity index (χ4n) is 1.91. The van der Waals surface area contributed by atoms with Gasteiger partial charge in [0.05, 0.1) is 5.25 Å². The van der Waals surface area contributed by atoms with E-state index in [0.29, 0.717) is 11.4 Å². The molecule has 0 spiro atoms. The Balaban J connectivity index is 2.90. The van der Waals surface area contributed by atoms with Crippen molar-refractivity contribution in [1.82, 2.24) is 0 Å². The molecular weight excluding hydrogens is 282 g/mol. The summed E-state index contributed by atoms with van der Waals surface area (Å²) >= 11 is 7.56. The van der Waals surface area contributed by atoms with Gasteiger partial charge in [-0.2, -0.15) is 0 Å². The number of rotatable bonds is 8. The van der Waals surface area contributed by atoms with Crippen LogP contribution < -0.4 is 0 Å². The Kier molecular flexibility index (Phi) is 7.24. The van der Waals surface area contributed by atoms with E-state index in [9.17, 15) is 10.1 Å². The van der Waals surface area contributed by atoms with Crippen molar-refractivity contribution in [2.24, 2.45) is 0 Å². The summed E-state index contributed by atoms with van der Waals surface area (Å²) in [5.74, 6) is 0.953. The van der Waals surface area contributed by atoms with Gasteiger partial charge in [-0.05, 0) is 29.9 Å². The van der Waals surface area contributed by atoms with Crippen molar-refractivity contribution in [2.45, 2.75) is 44.4 Å². The van der Waals surface area contributed by atoms with Crippen molar-refractivity contribution in [3.8, 4) is 0 Å². The van der Waals surface area contributed by atoms with Crippen LogP contribution in [0.5, 0.6) is 0 Å². The van der Waals surface area contributed by atoms with Crippen LogP contribution in [0.3, 0.4) is 0 Å². The maximum atomic E-state index is 11.2. The van der Waals surface area contributed by atoms with E-state index in [1.54, 1.807) is 23.9 Å². The first-order valence-corrected chi connectivity index (χ1v) is 8.03. The predicted molar refractivity (Wildman–Crippen MR) is 82.6 cm³/mol. The summed E-state index contributed by atoms with van der Waals surface area (Å²) in [5.41, 5.74) is 0.994. The molecule has 0 fully saturated rings. The zero-order valence-electron chi connectivity index (χ0n) is 11.3. The third kappa shape index (κ3) is 5.03. The van der Waals surface area contributed by atoms with Crippen molar-refractivity contribution < 1.29 is 4.92 Å². The van der Waals surface area contributed by atoms with E-state index in [1.165, 1.54) is 0 Å². The molecule has 0 aliphatic heterocycles. The summed E-state index contributed by atoms with van der Waals surface area (Å²) in [4.78, 5) is 11.1. The third-order valence-corrected chi connectivity index (χ3v) is 4.75. The molecule has 0 aromatic heterocycles.